The van der Waals surface area contributed by atoms with Crippen LogP contribution < -0.4 is 5.56 Å². The van der Waals surface area contributed by atoms with Gasteiger partial charge in [0, 0.05) is 27.4 Å². The van der Waals surface area contributed by atoms with Crippen LogP contribution in [0.15, 0.2) is 45.5 Å². The molecule has 0 aliphatic rings. The third-order valence-corrected chi connectivity index (χ3v) is 3.22. The van der Waals surface area contributed by atoms with Gasteiger partial charge in [-0.25, -0.2) is 0 Å². The molecule has 4 heteroatoms. The van der Waals surface area contributed by atoms with Crippen molar-refractivity contribution in [3.8, 4) is 0 Å². The second-order valence-electron chi connectivity index (χ2n) is 2.94. The number of hydrogen-bond donors (Lipinski definition) is 1. The fraction of sp³-hybridized carbons (Fsp3) is 0.100. The van der Waals surface area contributed by atoms with Crippen LogP contribution in [0.2, 0.25) is 0 Å². The summed E-state index contributed by atoms with van der Waals surface area (Å²) >= 11 is 5.84. The van der Waals surface area contributed by atoms with E-state index in [4.69, 9.17) is 0 Å². The Morgan fingerprint density at radius 3 is 2.93 bits per heavy atom. The number of hydrogen-bond acceptors (Lipinski definition) is 3. The van der Waals surface area contributed by atoms with Crippen molar-refractivity contribution in [3.05, 3.63) is 51.1 Å². The molecule has 0 aliphatic carbocycles. The van der Waals surface area contributed by atoms with Crippen LogP contribution in [0.3, 0.4) is 0 Å². The quantitative estimate of drug-likeness (QED) is 0.775. The molecule has 2 nitrogen and oxygen atoms in total. The zero-order chi connectivity index (χ0) is 9.97. The molecule has 0 bridgehead atoms. The van der Waals surface area contributed by atoms with Crippen LogP contribution in [0.1, 0.15) is 4.88 Å². The van der Waals surface area contributed by atoms with Crippen molar-refractivity contribution in [2.75, 3.05) is 0 Å². The van der Waals surface area contributed by atoms with Crippen molar-refractivity contribution in [2.45, 2.75) is 11.4 Å². The van der Waals surface area contributed by atoms with E-state index in [1.807, 2.05) is 17.5 Å². The van der Waals surface area contributed by atoms with Gasteiger partial charge in [0.15, 0.2) is 0 Å². The highest BCUT2D eigenvalue weighted by molar-refractivity contribution is 7.80. The molecule has 0 aromatic carbocycles. The summed E-state index contributed by atoms with van der Waals surface area (Å²) in [6.45, 7) is 0.630. The van der Waals surface area contributed by atoms with Crippen LogP contribution in [0.25, 0.3) is 0 Å². The monoisotopic (exact) mass is 223 g/mol. The van der Waals surface area contributed by atoms with Crippen LogP contribution in [0, 0.1) is 0 Å². The minimum atomic E-state index is 0.0293. The Bertz CT molecular complexity index is 487. The van der Waals surface area contributed by atoms with Crippen molar-refractivity contribution in [1.29, 1.82) is 0 Å². The molecule has 72 valence electrons. The largest absolute Gasteiger partial charge is 0.310 e. The van der Waals surface area contributed by atoms with Gasteiger partial charge in [-0.15, -0.1) is 24.0 Å². The minimum absolute atomic E-state index is 0.0293. The fourth-order valence-electron chi connectivity index (χ4n) is 1.21. The molecule has 0 aliphatic heterocycles. The third kappa shape index (κ3) is 2.08. The highest BCUT2D eigenvalue weighted by atomic mass is 32.1. The van der Waals surface area contributed by atoms with Crippen LogP contribution in [0.5, 0.6) is 0 Å². The van der Waals surface area contributed by atoms with Gasteiger partial charge in [-0.05, 0) is 12.1 Å². The van der Waals surface area contributed by atoms with Gasteiger partial charge in [0.05, 0.1) is 6.54 Å². The van der Waals surface area contributed by atoms with Crippen LogP contribution in [-0.4, -0.2) is 4.57 Å². The summed E-state index contributed by atoms with van der Waals surface area (Å²) < 4.78 is 1.68. The van der Waals surface area contributed by atoms with E-state index in [9.17, 15) is 4.79 Å². The van der Waals surface area contributed by atoms with Gasteiger partial charge >= 0.3 is 0 Å². The van der Waals surface area contributed by atoms with Crippen molar-refractivity contribution < 1.29 is 0 Å². The summed E-state index contributed by atoms with van der Waals surface area (Å²) in [6.07, 6.45) is 1.79. The lowest BCUT2D eigenvalue weighted by molar-refractivity contribution is 0.769. The molecule has 2 aromatic rings. The fourth-order valence-corrected chi connectivity index (χ4v) is 2.36. The molecule has 0 saturated carbocycles. The molecular weight excluding hydrogens is 214 g/mol. The van der Waals surface area contributed by atoms with Gasteiger partial charge in [-0.3, -0.25) is 4.79 Å². The zero-order valence-corrected chi connectivity index (χ0v) is 9.09. The molecule has 0 radical (unpaired) electrons. The molecule has 2 aromatic heterocycles. The number of pyridine rings is 1. The van der Waals surface area contributed by atoms with Gasteiger partial charge in [-0.2, -0.15) is 0 Å². The molecule has 0 amide bonds. The summed E-state index contributed by atoms with van der Waals surface area (Å²) in [6, 6.07) is 7.15. The SMILES string of the molecule is O=c1ccccn1Cc1cc(S)cs1. The smallest absolute Gasteiger partial charge is 0.250 e. The van der Waals surface area contributed by atoms with E-state index in [-0.39, 0.29) is 5.56 Å². The number of nitrogens with zero attached hydrogens (tertiary/aromatic N) is 1. The lowest BCUT2D eigenvalue weighted by Gasteiger charge is -2.01. The molecule has 0 spiro atoms. The van der Waals surface area contributed by atoms with E-state index in [2.05, 4.69) is 12.6 Å². The Morgan fingerprint density at radius 1 is 1.43 bits per heavy atom. The standard InChI is InChI=1S/C10H9NOS2/c12-10-3-1-2-4-11(10)6-9-5-8(13)7-14-9/h1-5,7,13H,6H2. The Kier molecular flexibility index (Phi) is 2.74. The topological polar surface area (TPSA) is 22.0 Å². The van der Waals surface area contributed by atoms with Crippen LogP contribution in [-0.2, 0) is 6.54 Å². The molecule has 14 heavy (non-hydrogen) atoms. The van der Waals surface area contributed by atoms with E-state index < -0.39 is 0 Å². The Hall–Kier alpha value is -1.000. The highest BCUT2D eigenvalue weighted by Gasteiger charge is 1.99. The van der Waals surface area contributed by atoms with Gasteiger partial charge in [0.2, 0.25) is 0 Å². The normalized spacial score (nSPS) is 10.4. The van der Waals surface area contributed by atoms with Crippen molar-refractivity contribution in [3.63, 3.8) is 0 Å². The molecule has 2 heterocycles. The average molecular weight is 223 g/mol. The first-order valence-electron chi connectivity index (χ1n) is 4.17. The van der Waals surface area contributed by atoms with E-state index in [0.29, 0.717) is 6.54 Å². The van der Waals surface area contributed by atoms with Crippen LogP contribution in [0.4, 0.5) is 0 Å². The lowest BCUT2D eigenvalue weighted by atomic mass is 10.4. The summed E-state index contributed by atoms with van der Waals surface area (Å²) in [7, 11) is 0. The first-order valence-corrected chi connectivity index (χ1v) is 5.50. The highest BCUT2D eigenvalue weighted by Crippen LogP contribution is 2.17. The Morgan fingerprint density at radius 2 is 2.29 bits per heavy atom. The molecule has 0 unspecified atom stereocenters. The van der Waals surface area contributed by atoms with Gasteiger partial charge < -0.3 is 4.57 Å². The maximum absolute atomic E-state index is 11.4. The second kappa shape index (κ2) is 4.02. The molecule has 0 atom stereocenters. The third-order valence-electron chi connectivity index (χ3n) is 1.87. The average Bonchev–Trinajstić information content (AvgIpc) is 2.56. The molecule has 0 saturated heterocycles. The zero-order valence-electron chi connectivity index (χ0n) is 7.38. The molecular formula is C10H9NOS2. The van der Waals surface area contributed by atoms with E-state index >= 15 is 0 Å². The van der Waals surface area contributed by atoms with E-state index in [1.54, 1.807) is 34.2 Å². The summed E-state index contributed by atoms with van der Waals surface area (Å²) in [4.78, 5) is 13.5. The number of thiophene rings is 1. The minimum Gasteiger partial charge on any atom is -0.310 e. The van der Waals surface area contributed by atoms with Gasteiger partial charge in [-0.1, -0.05) is 6.07 Å². The molecule has 0 N–H and O–H groups in total. The van der Waals surface area contributed by atoms with E-state index in [1.165, 1.54) is 0 Å². The first kappa shape index (κ1) is 9.55. The maximum Gasteiger partial charge on any atom is 0.250 e. The van der Waals surface area contributed by atoms with E-state index in [0.717, 1.165) is 9.77 Å². The summed E-state index contributed by atoms with van der Waals surface area (Å²) in [5.41, 5.74) is 0.0293. The van der Waals surface area contributed by atoms with Gasteiger partial charge in [0.1, 0.15) is 0 Å². The van der Waals surface area contributed by atoms with Crippen molar-refractivity contribution in [2.24, 2.45) is 0 Å². The maximum atomic E-state index is 11.4. The second-order valence-corrected chi connectivity index (χ2v) is 4.45. The summed E-state index contributed by atoms with van der Waals surface area (Å²) in [5, 5.41) is 1.96. The Balaban J connectivity index is 2.27. The van der Waals surface area contributed by atoms with Crippen molar-refractivity contribution >= 4 is 24.0 Å². The van der Waals surface area contributed by atoms with Gasteiger partial charge in [0.25, 0.3) is 5.56 Å². The number of rotatable bonds is 2. The molecule has 2 rings (SSSR count). The predicted molar refractivity (Wildman–Crippen MR) is 61.4 cm³/mol. The Labute approximate surface area is 91.2 Å². The lowest BCUT2D eigenvalue weighted by Crippen LogP contribution is -2.17. The van der Waals surface area contributed by atoms with Crippen molar-refractivity contribution in [1.82, 2.24) is 4.57 Å². The first-order chi connectivity index (χ1) is 6.75. The molecule has 0 fully saturated rings. The summed E-state index contributed by atoms with van der Waals surface area (Å²) in [5.74, 6) is 0. The van der Waals surface area contributed by atoms with Crippen LogP contribution >= 0.6 is 24.0 Å². The predicted octanol–water partition coefficient (Wildman–Crippen LogP) is 2.25. The number of aromatic nitrogens is 1. The number of thiol groups is 1.